The first-order valence-corrected chi connectivity index (χ1v) is 30.3. The molecule has 85 heavy (non-hydrogen) atoms. The molecule has 19 nitrogen and oxygen atoms in total. The quantitative estimate of drug-likeness (QED) is 0.109. The Morgan fingerprint density at radius 3 is 2.32 bits per heavy atom. The third kappa shape index (κ3) is 11.6. The van der Waals surface area contributed by atoms with Gasteiger partial charge in [0.2, 0.25) is 5.91 Å². The van der Waals surface area contributed by atoms with Crippen molar-refractivity contribution >= 4 is 51.6 Å². The van der Waals surface area contributed by atoms with Crippen LogP contribution in [0.2, 0.25) is 0 Å². The van der Waals surface area contributed by atoms with Crippen LogP contribution >= 0.6 is 0 Å². The zero-order chi connectivity index (χ0) is 58.8. The second-order valence-electron chi connectivity index (χ2n) is 25.1. The number of piperazine rings is 2. The number of fused-ring (bicyclic) bond motifs is 4. The molecule has 7 aliphatic rings. The van der Waals surface area contributed by atoms with E-state index < -0.39 is 11.6 Å². The van der Waals surface area contributed by atoms with Gasteiger partial charge in [-0.05, 0) is 126 Å². The van der Waals surface area contributed by atoms with Crippen LogP contribution in [0.3, 0.4) is 0 Å². The molecule has 6 aliphatic heterocycles. The summed E-state index contributed by atoms with van der Waals surface area (Å²) in [6.45, 7) is 14.6. The topological polar surface area (TPSA) is 186 Å². The van der Waals surface area contributed by atoms with Crippen molar-refractivity contribution in [3.63, 3.8) is 0 Å². The van der Waals surface area contributed by atoms with E-state index in [-0.39, 0.29) is 98.0 Å². The molecule has 1 saturated carbocycles. The second kappa shape index (κ2) is 23.1. The predicted molar refractivity (Wildman–Crippen MR) is 312 cm³/mol. The molecule has 13 rings (SSSR count). The summed E-state index contributed by atoms with van der Waals surface area (Å²) in [5.74, 6) is 0.116. The van der Waals surface area contributed by atoms with E-state index in [4.69, 9.17) is 38.8 Å². The number of carbonyl (C=O) groups excluding carboxylic acids is 4. The van der Waals surface area contributed by atoms with Crippen LogP contribution < -0.4 is 19.7 Å². The molecule has 1 unspecified atom stereocenters. The number of amides is 5. The van der Waals surface area contributed by atoms with E-state index in [1.165, 1.54) is 11.0 Å². The summed E-state index contributed by atoms with van der Waals surface area (Å²) in [6.07, 6.45) is 7.81. The number of carbonyl (C=O) groups is 4. The van der Waals surface area contributed by atoms with E-state index in [9.17, 15) is 19.2 Å². The number of anilines is 1. The van der Waals surface area contributed by atoms with E-state index >= 15 is 8.78 Å². The Kier molecular flexibility index (Phi) is 15.4. The van der Waals surface area contributed by atoms with Crippen LogP contribution in [0.5, 0.6) is 11.8 Å². The number of rotatable bonds is 14. The molecular weight excluding hydrogens is 1090 g/mol. The number of halogens is 2. The molecule has 8 heterocycles. The first kappa shape index (κ1) is 56.6. The lowest BCUT2D eigenvalue weighted by Crippen LogP contribution is -2.53. The van der Waals surface area contributed by atoms with Gasteiger partial charge in [0.05, 0.1) is 37.0 Å². The summed E-state index contributed by atoms with van der Waals surface area (Å²) in [6, 6.07) is 15.6. The van der Waals surface area contributed by atoms with Gasteiger partial charge in [0, 0.05) is 123 Å². The number of nitrogens with one attached hydrogen (secondary N) is 1. The molecule has 0 radical (unpaired) electrons. The highest BCUT2D eigenvalue weighted by atomic mass is 19.1. The van der Waals surface area contributed by atoms with Gasteiger partial charge in [-0.3, -0.25) is 19.8 Å². The van der Waals surface area contributed by atoms with E-state index in [1.54, 1.807) is 12.1 Å². The SMILES string of the molecule is Cc1c(F)cc2c(cnn2C2CCCCO2)c1-c1c(C2CC2)cc2c(N3C[C@@H]4C[C@H]3CN4C(=O)OC(C)(C)C)nc(OC3CCOCC3)nc2c1OCc1ccc(C(=O)N2CCN(Cc3ccc(CN4CCC(=O)NC4=O)cc3F)C[C@@H]2C)cc1. The molecule has 2 bridgehead atoms. The lowest BCUT2D eigenvalue weighted by atomic mass is 9.88. The van der Waals surface area contributed by atoms with E-state index in [0.717, 1.165) is 66.0 Å². The van der Waals surface area contributed by atoms with Gasteiger partial charge in [-0.2, -0.15) is 15.1 Å². The van der Waals surface area contributed by atoms with Crippen LogP contribution in [-0.2, 0) is 38.7 Å². The molecular formula is C64H74F2N10O9. The third-order valence-electron chi connectivity index (χ3n) is 17.9. The maximum atomic E-state index is 16.9. The molecule has 4 atom stereocenters. The third-order valence-corrected chi connectivity index (χ3v) is 17.9. The van der Waals surface area contributed by atoms with Crippen LogP contribution in [0.1, 0.15) is 136 Å². The number of benzene rings is 4. The van der Waals surface area contributed by atoms with Crippen molar-refractivity contribution in [1.82, 2.24) is 44.7 Å². The van der Waals surface area contributed by atoms with Gasteiger partial charge < -0.3 is 43.3 Å². The Morgan fingerprint density at radius 1 is 0.812 bits per heavy atom. The number of nitrogens with zero attached hydrogens (tertiary/aromatic N) is 9. The average Bonchev–Trinajstić information content (AvgIpc) is 1.86. The van der Waals surface area contributed by atoms with Gasteiger partial charge >= 0.3 is 18.1 Å². The van der Waals surface area contributed by atoms with Crippen LogP contribution in [0, 0.1) is 18.6 Å². The number of imide groups is 1. The Balaban J connectivity index is 0.815. The Bertz CT molecular complexity index is 3580. The van der Waals surface area contributed by atoms with Crippen molar-refractivity contribution in [2.24, 2.45) is 0 Å². The fourth-order valence-corrected chi connectivity index (χ4v) is 13.3. The number of hydrogen-bond acceptors (Lipinski definition) is 14. The fraction of sp³-hybridized carbons (Fsp3) is 0.516. The Labute approximate surface area is 492 Å². The fourth-order valence-electron chi connectivity index (χ4n) is 13.3. The van der Waals surface area contributed by atoms with Gasteiger partial charge in [-0.25, -0.2) is 23.1 Å². The number of likely N-dealkylation sites (tertiary alicyclic amines) is 1. The molecule has 4 aromatic carbocycles. The monoisotopic (exact) mass is 1160 g/mol. The highest BCUT2D eigenvalue weighted by molar-refractivity contribution is 6.06. The minimum Gasteiger partial charge on any atom is -0.486 e. The normalized spacial score (nSPS) is 22.4. The van der Waals surface area contributed by atoms with Gasteiger partial charge in [-0.15, -0.1) is 0 Å². The van der Waals surface area contributed by atoms with Crippen molar-refractivity contribution in [3.05, 3.63) is 106 Å². The zero-order valence-electron chi connectivity index (χ0n) is 49.0. The van der Waals surface area contributed by atoms with E-state index in [2.05, 4.69) is 21.2 Å². The summed E-state index contributed by atoms with van der Waals surface area (Å²) in [5, 5.41) is 8.74. The van der Waals surface area contributed by atoms with Gasteiger partial charge in [0.1, 0.15) is 41.3 Å². The molecule has 6 aromatic rings. The number of urea groups is 1. The van der Waals surface area contributed by atoms with E-state index in [1.807, 2.05) is 85.6 Å². The maximum Gasteiger partial charge on any atom is 0.410 e. The molecule has 2 aromatic heterocycles. The number of aromatic nitrogens is 4. The number of ether oxygens (including phenoxy) is 5. The molecule has 0 spiro atoms. The van der Waals surface area contributed by atoms with Crippen LogP contribution in [-0.4, -0.2) is 152 Å². The molecule has 1 aliphatic carbocycles. The van der Waals surface area contributed by atoms with Gasteiger partial charge in [0.25, 0.3) is 5.91 Å². The average molecular weight is 1170 g/mol. The molecule has 21 heteroatoms. The minimum absolute atomic E-state index is 0.0568. The van der Waals surface area contributed by atoms with Crippen LogP contribution in [0.25, 0.3) is 32.9 Å². The zero-order valence-corrected chi connectivity index (χ0v) is 49.0. The van der Waals surface area contributed by atoms with Crippen molar-refractivity contribution in [2.45, 2.75) is 154 Å². The Morgan fingerprint density at radius 2 is 1.61 bits per heavy atom. The molecule has 1 N–H and O–H groups in total. The van der Waals surface area contributed by atoms with Crippen molar-refractivity contribution in [2.75, 3.05) is 64.0 Å². The summed E-state index contributed by atoms with van der Waals surface area (Å²) in [7, 11) is 0. The lowest BCUT2D eigenvalue weighted by molar-refractivity contribution is -0.121. The first-order chi connectivity index (χ1) is 41.0. The van der Waals surface area contributed by atoms with Crippen molar-refractivity contribution in [3.8, 4) is 22.9 Å². The van der Waals surface area contributed by atoms with Crippen molar-refractivity contribution in [1.29, 1.82) is 0 Å². The number of hydrogen-bond donors (Lipinski definition) is 1. The first-order valence-electron chi connectivity index (χ1n) is 30.3. The van der Waals surface area contributed by atoms with Crippen LogP contribution in [0.15, 0.2) is 60.8 Å². The molecule has 5 amide bonds. The predicted octanol–water partition coefficient (Wildman–Crippen LogP) is 9.93. The second-order valence-corrected chi connectivity index (χ2v) is 25.1. The molecule has 448 valence electrons. The smallest absolute Gasteiger partial charge is 0.410 e. The summed E-state index contributed by atoms with van der Waals surface area (Å²) in [4.78, 5) is 71.9. The highest BCUT2D eigenvalue weighted by Crippen LogP contribution is 2.54. The maximum absolute atomic E-state index is 16.9. The molecule has 6 saturated heterocycles. The summed E-state index contributed by atoms with van der Waals surface area (Å²) in [5.41, 5.74) is 5.85. The highest BCUT2D eigenvalue weighted by Gasteiger charge is 2.48. The summed E-state index contributed by atoms with van der Waals surface area (Å²) >= 11 is 0. The lowest BCUT2D eigenvalue weighted by Gasteiger charge is -2.40. The molecule has 7 fully saturated rings. The summed E-state index contributed by atoms with van der Waals surface area (Å²) < 4.78 is 66.1. The standard InChI is InChI=1S/C64H74F2N10O9/c1-37-31-71(33-43-14-11-40(26-51(43)66)32-72-20-17-53(77)68-62(72)79)21-22-73(37)60(78)42-12-9-39(10-13-42)36-83-58-56(55-38(2)50(65)29-52-49(55)30-67-76(52)54-8-6-7-23-82-54)47(41-15-16-41)28-48-57(58)69-61(84-46-18-24-81-25-19-46)70-59(48)74-34-45-27-44(74)35-75(45)63(80)85-64(3,4)5/h9-14,26,28-30,37,41,44-46,54H,6-8,15-25,27,31-36H2,1-5H3,(H,68,77,79)/t37-,44-,45-,54?/m0/s1. The van der Waals surface area contributed by atoms with E-state index in [0.29, 0.717) is 122 Å². The Hall–Kier alpha value is -7.49. The minimum atomic E-state index is -0.639. The van der Waals surface area contributed by atoms with Gasteiger partial charge in [0.15, 0.2) is 12.0 Å². The van der Waals surface area contributed by atoms with Crippen molar-refractivity contribution < 1.29 is 51.6 Å². The van der Waals surface area contributed by atoms with Gasteiger partial charge in [-0.1, -0.05) is 24.3 Å². The largest absolute Gasteiger partial charge is 0.486 e. The van der Waals surface area contributed by atoms with Crippen LogP contribution in [0.4, 0.5) is 24.2 Å².